The van der Waals surface area contributed by atoms with Crippen LogP contribution < -0.4 is 0 Å². The highest BCUT2D eigenvalue weighted by Gasteiger charge is 2.27. The summed E-state index contributed by atoms with van der Waals surface area (Å²) >= 11 is 0. The third kappa shape index (κ3) is 39.4. The van der Waals surface area contributed by atoms with Crippen LogP contribution in [0.1, 0.15) is 155 Å². The van der Waals surface area contributed by atoms with E-state index in [9.17, 15) is 19.0 Å². The second-order valence-electron chi connectivity index (χ2n) is 15.0. The highest BCUT2D eigenvalue weighted by molar-refractivity contribution is 7.47. The molecule has 2 atom stereocenters. The molecule has 10 heteroatoms. The van der Waals surface area contributed by atoms with Crippen molar-refractivity contribution in [2.24, 2.45) is 0 Å². The molecule has 0 fully saturated rings. The van der Waals surface area contributed by atoms with Gasteiger partial charge in [-0.3, -0.25) is 18.6 Å². The molecule has 312 valence electrons. The average molecular weight is 781 g/mol. The van der Waals surface area contributed by atoms with Gasteiger partial charge in [0.25, 0.3) is 0 Å². The van der Waals surface area contributed by atoms with Crippen LogP contribution in [-0.2, 0) is 32.7 Å². The normalized spacial score (nSPS) is 14.3. The van der Waals surface area contributed by atoms with Crippen LogP contribution in [0.25, 0.3) is 0 Å². The van der Waals surface area contributed by atoms with Gasteiger partial charge in [-0.1, -0.05) is 152 Å². The van der Waals surface area contributed by atoms with Crippen molar-refractivity contribution < 1.29 is 42.1 Å². The number of nitrogens with zero attached hydrogens (tertiary/aromatic N) is 1. The molecule has 1 unspecified atom stereocenters. The third-order valence-corrected chi connectivity index (χ3v) is 9.55. The maximum atomic E-state index is 12.6. The molecular weight excluding hydrogens is 701 g/mol. The monoisotopic (exact) mass is 781 g/mol. The lowest BCUT2D eigenvalue weighted by molar-refractivity contribution is -0.870. The summed E-state index contributed by atoms with van der Waals surface area (Å²) in [5.74, 6) is -0.869. The average Bonchev–Trinajstić information content (AvgIpc) is 3.12. The zero-order chi connectivity index (χ0) is 40.0. The van der Waals surface area contributed by atoms with E-state index in [0.29, 0.717) is 23.9 Å². The number of carbonyl (C=O) groups is 2. The van der Waals surface area contributed by atoms with Crippen LogP contribution in [-0.4, -0.2) is 74.9 Å². The molecule has 0 aromatic rings. The lowest BCUT2D eigenvalue weighted by Gasteiger charge is -2.24. The van der Waals surface area contributed by atoms with Gasteiger partial charge in [0.05, 0.1) is 27.7 Å². The Kier molecular flexibility index (Phi) is 34.8. The highest BCUT2D eigenvalue weighted by atomic mass is 31.2. The molecule has 9 nitrogen and oxygen atoms in total. The van der Waals surface area contributed by atoms with E-state index in [4.69, 9.17) is 18.5 Å². The Bertz CT molecular complexity index is 1110. The van der Waals surface area contributed by atoms with Crippen LogP contribution in [0.5, 0.6) is 0 Å². The fourth-order valence-electron chi connectivity index (χ4n) is 5.28. The van der Waals surface area contributed by atoms with E-state index in [-0.39, 0.29) is 26.1 Å². The van der Waals surface area contributed by atoms with E-state index in [2.05, 4.69) is 74.6 Å². The van der Waals surface area contributed by atoms with Crippen LogP contribution in [0.3, 0.4) is 0 Å². The maximum absolute atomic E-state index is 12.6. The van der Waals surface area contributed by atoms with Crippen LogP contribution in [0.15, 0.2) is 60.8 Å². The number of esters is 2. The molecule has 0 rings (SSSR count). The number of likely N-dealkylation sites (N-methyl/N-ethyl adjacent to an activating group) is 1. The molecule has 54 heavy (non-hydrogen) atoms. The van der Waals surface area contributed by atoms with Gasteiger partial charge in [-0.25, -0.2) is 4.57 Å². The summed E-state index contributed by atoms with van der Waals surface area (Å²) in [5, 5.41) is 0. The number of rotatable bonds is 37. The van der Waals surface area contributed by atoms with E-state index >= 15 is 0 Å². The summed E-state index contributed by atoms with van der Waals surface area (Å²) in [6.07, 6.45) is 42.7. The van der Waals surface area contributed by atoms with E-state index in [0.717, 1.165) is 57.8 Å². The summed E-state index contributed by atoms with van der Waals surface area (Å²) in [5.41, 5.74) is 0. The summed E-state index contributed by atoms with van der Waals surface area (Å²) in [7, 11) is 1.44. The number of quaternary nitrogens is 1. The smallest absolute Gasteiger partial charge is 0.462 e. The van der Waals surface area contributed by atoms with Gasteiger partial charge in [0.1, 0.15) is 19.8 Å². The van der Waals surface area contributed by atoms with Crippen LogP contribution in [0, 0.1) is 0 Å². The van der Waals surface area contributed by atoms with Crippen molar-refractivity contribution in [1.29, 1.82) is 0 Å². The second-order valence-corrected chi connectivity index (χ2v) is 16.5. The number of phosphoric ester groups is 1. The summed E-state index contributed by atoms with van der Waals surface area (Å²) in [6.45, 7) is 4.23. The number of phosphoric acid groups is 1. The standard InChI is InChI=1S/C44H78NO8P/c1-6-8-10-12-14-16-18-20-21-22-23-25-26-28-30-32-34-36-43(46)50-40-42(41-52-54(48,49)51-39-38-45(3,4)5)53-44(47)37-35-33-31-29-27-24-19-17-15-13-11-9-7-2/h8,10,14,16,20-21,23,25,28,30,42H,6-7,9,11-13,15,17-19,22,24,26-27,29,31-41H2,1-5H3/p+1/b10-8-,16-14-,21-20-,25-23-,30-28-/t42-/m1/s1. The molecule has 0 spiro atoms. The number of ether oxygens (including phenoxy) is 2. The van der Waals surface area contributed by atoms with Crippen molar-refractivity contribution in [3.8, 4) is 0 Å². The molecule has 0 aliphatic heterocycles. The highest BCUT2D eigenvalue weighted by Crippen LogP contribution is 2.43. The fourth-order valence-corrected chi connectivity index (χ4v) is 6.03. The number of hydrogen-bond donors (Lipinski definition) is 1. The van der Waals surface area contributed by atoms with Crippen molar-refractivity contribution in [3.05, 3.63) is 60.8 Å². The van der Waals surface area contributed by atoms with Crippen LogP contribution >= 0.6 is 7.82 Å². The Morgan fingerprint density at radius 1 is 0.593 bits per heavy atom. The third-order valence-electron chi connectivity index (χ3n) is 8.56. The quantitative estimate of drug-likeness (QED) is 0.0218. The number of unbranched alkanes of at least 4 members (excludes halogenated alkanes) is 13. The minimum Gasteiger partial charge on any atom is -0.462 e. The molecule has 0 aromatic heterocycles. The molecule has 0 aliphatic rings. The van der Waals surface area contributed by atoms with E-state index in [1.807, 2.05) is 21.1 Å². The largest absolute Gasteiger partial charge is 0.472 e. The number of hydrogen-bond acceptors (Lipinski definition) is 7. The molecule has 0 saturated carbocycles. The van der Waals surface area contributed by atoms with Crippen molar-refractivity contribution in [2.45, 2.75) is 161 Å². The zero-order valence-electron chi connectivity index (χ0n) is 34.9. The molecular formula is C44H79NO8P+. The first-order valence-corrected chi connectivity index (χ1v) is 22.5. The fraction of sp³-hybridized carbons (Fsp3) is 0.727. The van der Waals surface area contributed by atoms with E-state index in [1.54, 1.807) is 0 Å². The Labute approximate surface area is 330 Å². The number of allylic oxidation sites excluding steroid dienone is 10. The minimum absolute atomic E-state index is 0.0215. The molecule has 0 radical (unpaired) electrons. The summed E-state index contributed by atoms with van der Waals surface area (Å²) in [4.78, 5) is 35.3. The first kappa shape index (κ1) is 51.7. The lowest BCUT2D eigenvalue weighted by Crippen LogP contribution is -2.37. The van der Waals surface area contributed by atoms with Crippen molar-refractivity contribution in [3.63, 3.8) is 0 Å². The van der Waals surface area contributed by atoms with Gasteiger partial charge in [0.2, 0.25) is 0 Å². The Hall–Kier alpha value is -2.29. The first-order chi connectivity index (χ1) is 26.0. The van der Waals surface area contributed by atoms with Gasteiger partial charge in [-0.05, 0) is 51.4 Å². The zero-order valence-corrected chi connectivity index (χ0v) is 35.8. The Morgan fingerprint density at radius 2 is 1.06 bits per heavy atom. The topological polar surface area (TPSA) is 108 Å². The van der Waals surface area contributed by atoms with Gasteiger partial charge < -0.3 is 18.9 Å². The van der Waals surface area contributed by atoms with Gasteiger partial charge in [-0.2, -0.15) is 0 Å². The van der Waals surface area contributed by atoms with Gasteiger partial charge in [-0.15, -0.1) is 0 Å². The van der Waals surface area contributed by atoms with E-state index < -0.39 is 32.5 Å². The lowest BCUT2D eigenvalue weighted by atomic mass is 10.0. The van der Waals surface area contributed by atoms with Crippen LogP contribution in [0.2, 0.25) is 0 Å². The Morgan fingerprint density at radius 3 is 1.56 bits per heavy atom. The molecule has 1 N–H and O–H groups in total. The van der Waals surface area contributed by atoms with Crippen LogP contribution in [0.4, 0.5) is 0 Å². The molecule has 0 saturated heterocycles. The van der Waals surface area contributed by atoms with Crippen molar-refractivity contribution >= 4 is 19.8 Å². The Balaban J connectivity index is 4.48. The second kappa shape index (κ2) is 36.4. The number of carbonyl (C=O) groups excluding carboxylic acids is 2. The molecule has 0 amide bonds. The first-order valence-electron chi connectivity index (χ1n) is 21.0. The molecule has 0 heterocycles. The predicted molar refractivity (Wildman–Crippen MR) is 224 cm³/mol. The van der Waals surface area contributed by atoms with E-state index in [1.165, 1.54) is 57.8 Å². The molecule has 0 aliphatic carbocycles. The molecule has 0 bridgehead atoms. The van der Waals surface area contributed by atoms with Crippen molar-refractivity contribution in [2.75, 3.05) is 47.5 Å². The summed E-state index contributed by atoms with van der Waals surface area (Å²) in [6, 6.07) is 0. The van der Waals surface area contributed by atoms with Gasteiger partial charge in [0, 0.05) is 12.8 Å². The van der Waals surface area contributed by atoms with Gasteiger partial charge in [0.15, 0.2) is 6.10 Å². The predicted octanol–water partition coefficient (Wildman–Crippen LogP) is 11.7. The minimum atomic E-state index is -4.38. The maximum Gasteiger partial charge on any atom is 0.472 e. The van der Waals surface area contributed by atoms with Gasteiger partial charge >= 0.3 is 19.8 Å². The SMILES string of the molecule is CC/C=C\C/C=C\C/C=C\C/C=C\C/C=C\CCCC(=O)OC[C@H](COP(=O)(O)OCC[N+](C)(C)C)OC(=O)CCCCCCCCCCCCCCC. The summed E-state index contributed by atoms with van der Waals surface area (Å²) < 4.78 is 34.2. The molecule has 0 aromatic carbocycles. The van der Waals surface area contributed by atoms with Crippen molar-refractivity contribution in [1.82, 2.24) is 0 Å².